The third-order valence-corrected chi connectivity index (χ3v) is 1.56. The predicted molar refractivity (Wildman–Crippen MR) is 42.6 cm³/mol. The van der Waals surface area contributed by atoms with Crippen molar-refractivity contribution in [2.75, 3.05) is 19.9 Å². The van der Waals surface area contributed by atoms with Gasteiger partial charge in [-0.05, 0) is 20.4 Å². The third-order valence-electron chi connectivity index (χ3n) is 1.56. The van der Waals surface area contributed by atoms with Gasteiger partial charge in [-0.1, -0.05) is 6.92 Å². The zero-order valence-corrected chi connectivity index (χ0v) is 7.09. The number of aliphatic hydroxyl groups is 1. The molecule has 10 heavy (non-hydrogen) atoms. The number of nitrogens with zero attached hydrogens (tertiary/aromatic N) is 1. The van der Waals surface area contributed by atoms with Crippen LogP contribution in [0.2, 0.25) is 0 Å². The molecule has 0 radical (unpaired) electrons. The molecule has 0 aliphatic carbocycles. The van der Waals surface area contributed by atoms with Gasteiger partial charge in [-0.25, -0.2) is 0 Å². The van der Waals surface area contributed by atoms with Gasteiger partial charge < -0.3 is 5.11 Å². The molecular weight excluding hydrogens is 128 g/mol. The van der Waals surface area contributed by atoms with E-state index in [1.54, 1.807) is 0 Å². The van der Waals surface area contributed by atoms with Crippen LogP contribution in [0.1, 0.15) is 20.8 Å². The van der Waals surface area contributed by atoms with Crippen molar-refractivity contribution in [1.29, 1.82) is 0 Å². The zero-order chi connectivity index (χ0) is 7.98. The fourth-order valence-electron chi connectivity index (χ4n) is 0.853. The summed E-state index contributed by atoms with van der Waals surface area (Å²) in [7, 11) is 0. The van der Waals surface area contributed by atoms with Crippen molar-refractivity contribution in [2.24, 2.45) is 0 Å². The van der Waals surface area contributed by atoms with Gasteiger partial charge >= 0.3 is 0 Å². The summed E-state index contributed by atoms with van der Waals surface area (Å²) in [4.78, 5) is 2.23. The second kappa shape index (κ2) is 5.65. The monoisotopic (exact) mass is 146 g/mol. The summed E-state index contributed by atoms with van der Waals surface area (Å²) in [6.07, 6.45) is 0. The van der Waals surface area contributed by atoms with Crippen molar-refractivity contribution in [3.05, 3.63) is 0 Å². The van der Waals surface area contributed by atoms with Gasteiger partial charge in [0.15, 0.2) is 0 Å². The maximum Gasteiger partial charge on any atom is 0.0941 e. The van der Waals surface area contributed by atoms with Crippen LogP contribution < -0.4 is 5.32 Å². The molecule has 0 saturated heterocycles. The van der Waals surface area contributed by atoms with Crippen LogP contribution in [-0.4, -0.2) is 36.0 Å². The lowest BCUT2D eigenvalue weighted by Gasteiger charge is -2.24. The summed E-state index contributed by atoms with van der Waals surface area (Å²) in [5.74, 6) is 0. The minimum atomic E-state index is 0.0588. The van der Waals surface area contributed by atoms with Gasteiger partial charge in [0.1, 0.15) is 0 Å². The van der Waals surface area contributed by atoms with Crippen molar-refractivity contribution in [2.45, 2.75) is 26.8 Å². The summed E-state index contributed by atoms with van der Waals surface area (Å²) >= 11 is 0. The first-order chi connectivity index (χ1) is 4.72. The molecule has 0 bridgehead atoms. The molecule has 0 rings (SSSR count). The molecule has 0 aliphatic rings. The fourth-order valence-corrected chi connectivity index (χ4v) is 0.853. The molecule has 3 heteroatoms. The lowest BCUT2D eigenvalue weighted by molar-refractivity contribution is 0.173. The number of rotatable bonds is 5. The summed E-state index contributed by atoms with van der Waals surface area (Å²) in [5, 5.41) is 11.3. The van der Waals surface area contributed by atoms with Gasteiger partial charge in [0.05, 0.1) is 13.4 Å². The molecule has 3 nitrogen and oxygen atoms in total. The molecule has 0 amide bonds. The Labute approximate surface area is 63.0 Å². The van der Waals surface area contributed by atoms with Crippen LogP contribution in [0.15, 0.2) is 0 Å². The summed E-state index contributed by atoms with van der Waals surface area (Å²) in [5.41, 5.74) is 0. The second-order valence-corrected chi connectivity index (χ2v) is 2.56. The van der Waals surface area contributed by atoms with Crippen molar-refractivity contribution in [3.63, 3.8) is 0 Å². The van der Waals surface area contributed by atoms with Crippen molar-refractivity contribution < 1.29 is 5.11 Å². The number of nitrogens with one attached hydrogen (secondary N) is 1. The third kappa shape index (κ3) is 3.82. The minimum absolute atomic E-state index is 0.0588. The predicted octanol–water partition coefficient (Wildman–Crippen LogP) is 0.214. The molecule has 0 atom stereocenters. The van der Waals surface area contributed by atoms with Gasteiger partial charge in [0.25, 0.3) is 0 Å². The molecule has 0 heterocycles. The van der Waals surface area contributed by atoms with Crippen LogP contribution in [0.4, 0.5) is 0 Å². The van der Waals surface area contributed by atoms with E-state index in [0.717, 1.165) is 13.2 Å². The Morgan fingerprint density at radius 3 is 2.40 bits per heavy atom. The average Bonchev–Trinajstić information content (AvgIpc) is 1.89. The smallest absolute Gasteiger partial charge is 0.0941 e. The SMILES string of the molecule is CCN(CNCO)C(C)C. The molecule has 0 aromatic carbocycles. The summed E-state index contributed by atoms with van der Waals surface area (Å²) in [6, 6.07) is 0.545. The maximum absolute atomic E-state index is 8.45. The molecule has 0 aromatic rings. The Balaban J connectivity index is 3.40. The normalized spacial score (nSPS) is 11.4. The van der Waals surface area contributed by atoms with Gasteiger partial charge in [0.2, 0.25) is 0 Å². The highest BCUT2D eigenvalue weighted by atomic mass is 16.3. The van der Waals surface area contributed by atoms with E-state index in [-0.39, 0.29) is 6.73 Å². The van der Waals surface area contributed by atoms with E-state index in [0.29, 0.717) is 6.04 Å². The molecule has 0 aromatic heterocycles. The largest absolute Gasteiger partial charge is 0.381 e. The first-order valence-corrected chi connectivity index (χ1v) is 3.78. The van der Waals surface area contributed by atoms with Crippen LogP contribution in [0.5, 0.6) is 0 Å². The lowest BCUT2D eigenvalue weighted by atomic mass is 10.3. The first-order valence-electron chi connectivity index (χ1n) is 3.78. The van der Waals surface area contributed by atoms with E-state index in [1.807, 2.05) is 0 Å². The van der Waals surface area contributed by atoms with Gasteiger partial charge in [0, 0.05) is 6.04 Å². The molecular formula is C7H18N2O. The highest BCUT2D eigenvalue weighted by molar-refractivity contribution is 4.57. The van der Waals surface area contributed by atoms with Crippen LogP contribution in [0.3, 0.4) is 0 Å². The Kier molecular flexibility index (Phi) is 5.58. The summed E-state index contributed by atoms with van der Waals surface area (Å²) < 4.78 is 0. The quantitative estimate of drug-likeness (QED) is 0.544. The standard InChI is InChI=1S/C7H18N2O/c1-4-9(7(2)3)5-8-6-10/h7-8,10H,4-6H2,1-3H3. The van der Waals surface area contributed by atoms with E-state index in [4.69, 9.17) is 5.11 Å². The fraction of sp³-hybridized carbons (Fsp3) is 1.00. The van der Waals surface area contributed by atoms with E-state index < -0.39 is 0 Å². The molecule has 0 spiro atoms. The van der Waals surface area contributed by atoms with E-state index >= 15 is 0 Å². The van der Waals surface area contributed by atoms with Crippen LogP contribution in [-0.2, 0) is 0 Å². The minimum Gasteiger partial charge on any atom is -0.381 e. The topological polar surface area (TPSA) is 35.5 Å². The van der Waals surface area contributed by atoms with Gasteiger partial charge in [-0.15, -0.1) is 0 Å². The number of hydrogen-bond donors (Lipinski definition) is 2. The molecule has 62 valence electrons. The maximum atomic E-state index is 8.45. The average molecular weight is 146 g/mol. The van der Waals surface area contributed by atoms with Crippen LogP contribution in [0, 0.1) is 0 Å². The molecule has 0 unspecified atom stereocenters. The number of hydrogen-bond acceptors (Lipinski definition) is 3. The highest BCUT2D eigenvalue weighted by Crippen LogP contribution is 1.93. The zero-order valence-electron chi connectivity index (χ0n) is 7.09. The Morgan fingerprint density at radius 1 is 1.50 bits per heavy atom. The molecule has 0 fully saturated rings. The van der Waals surface area contributed by atoms with E-state index in [2.05, 4.69) is 31.0 Å². The molecule has 0 aliphatic heterocycles. The van der Waals surface area contributed by atoms with Crippen LogP contribution in [0.25, 0.3) is 0 Å². The Bertz CT molecular complexity index is 76.0. The first kappa shape index (κ1) is 9.88. The van der Waals surface area contributed by atoms with E-state index in [1.165, 1.54) is 0 Å². The highest BCUT2D eigenvalue weighted by Gasteiger charge is 2.03. The van der Waals surface area contributed by atoms with Gasteiger partial charge in [-0.3, -0.25) is 10.2 Å². The lowest BCUT2D eigenvalue weighted by Crippen LogP contribution is -2.39. The summed E-state index contributed by atoms with van der Waals surface area (Å²) in [6.45, 7) is 8.24. The second-order valence-electron chi connectivity index (χ2n) is 2.56. The molecule has 0 saturated carbocycles. The Morgan fingerprint density at radius 2 is 2.10 bits per heavy atom. The van der Waals surface area contributed by atoms with Crippen molar-refractivity contribution >= 4 is 0 Å². The van der Waals surface area contributed by atoms with Crippen molar-refractivity contribution in [3.8, 4) is 0 Å². The van der Waals surface area contributed by atoms with Crippen LogP contribution >= 0.6 is 0 Å². The Hall–Kier alpha value is -0.120. The van der Waals surface area contributed by atoms with E-state index in [9.17, 15) is 0 Å². The van der Waals surface area contributed by atoms with Crippen molar-refractivity contribution in [1.82, 2.24) is 10.2 Å². The van der Waals surface area contributed by atoms with Gasteiger partial charge in [-0.2, -0.15) is 0 Å². The molecule has 2 N–H and O–H groups in total. The number of aliphatic hydroxyl groups excluding tert-OH is 1.